The van der Waals surface area contributed by atoms with Gasteiger partial charge >= 0.3 is 6.18 Å². The summed E-state index contributed by atoms with van der Waals surface area (Å²) < 4.78 is 70.4. The van der Waals surface area contributed by atoms with E-state index in [0.29, 0.717) is 25.3 Å². The molecular weight excluding hydrogens is 383 g/mol. The van der Waals surface area contributed by atoms with Gasteiger partial charge < -0.3 is 4.74 Å². The van der Waals surface area contributed by atoms with Crippen LogP contribution in [0.2, 0.25) is 0 Å². The Morgan fingerprint density at radius 2 is 1.93 bits per heavy atom. The van der Waals surface area contributed by atoms with E-state index in [1.165, 1.54) is 10.4 Å². The first kappa shape index (κ1) is 21.8. The fourth-order valence-corrected chi connectivity index (χ4v) is 4.39. The molecule has 2 rings (SSSR count). The number of carbonyl (C=O) groups is 1. The normalized spacial score (nSPS) is 17.2. The number of ketones is 1. The van der Waals surface area contributed by atoms with Crippen molar-refractivity contribution in [3.63, 3.8) is 0 Å². The van der Waals surface area contributed by atoms with Crippen LogP contribution in [0.4, 0.5) is 13.2 Å². The molecule has 0 radical (unpaired) electrons. The van der Waals surface area contributed by atoms with Gasteiger partial charge in [-0.1, -0.05) is 19.4 Å². The zero-order chi connectivity index (χ0) is 20.1. The van der Waals surface area contributed by atoms with Crippen molar-refractivity contribution in [3.8, 4) is 0 Å². The predicted octanol–water partition coefficient (Wildman–Crippen LogP) is 3.63. The summed E-state index contributed by atoms with van der Waals surface area (Å²) in [5.41, 5.74) is -0.993. The maximum Gasteiger partial charge on any atom is 0.416 e. The highest BCUT2D eigenvalue weighted by atomic mass is 32.2. The standard InChI is InChI=1S/C18H24F3NO4S/c1-2-3-6-15(23)13-26-16-8-10-22(11-9-16)27(24,25)17-7-4-5-14(12-17)18(19,20)21/h4-5,7,12,16H,2-3,6,8-11,13H2,1H3. The summed E-state index contributed by atoms with van der Waals surface area (Å²) in [7, 11) is -4.00. The number of carbonyl (C=O) groups excluding carboxylic acids is 1. The van der Waals surface area contributed by atoms with Crippen LogP contribution < -0.4 is 0 Å². The minimum absolute atomic E-state index is 0.0189. The Labute approximate surface area is 157 Å². The number of benzene rings is 1. The lowest BCUT2D eigenvalue weighted by molar-refractivity contribution is -0.137. The Morgan fingerprint density at radius 1 is 1.26 bits per heavy atom. The fourth-order valence-electron chi connectivity index (χ4n) is 2.88. The lowest BCUT2D eigenvalue weighted by Crippen LogP contribution is -2.41. The van der Waals surface area contributed by atoms with Gasteiger partial charge in [-0.05, 0) is 37.5 Å². The van der Waals surface area contributed by atoms with E-state index in [-0.39, 0.29) is 36.5 Å². The van der Waals surface area contributed by atoms with E-state index in [1.54, 1.807) is 0 Å². The van der Waals surface area contributed by atoms with Crippen LogP contribution in [0.3, 0.4) is 0 Å². The number of hydrogen-bond donors (Lipinski definition) is 0. The molecule has 0 spiro atoms. The molecule has 0 saturated carbocycles. The van der Waals surface area contributed by atoms with Gasteiger partial charge in [-0.15, -0.1) is 0 Å². The number of alkyl halides is 3. The Morgan fingerprint density at radius 3 is 2.52 bits per heavy atom. The number of unbranched alkanes of at least 4 members (excludes halogenated alkanes) is 1. The van der Waals surface area contributed by atoms with Crippen molar-refractivity contribution in [1.29, 1.82) is 0 Å². The van der Waals surface area contributed by atoms with E-state index in [4.69, 9.17) is 4.74 Å². The Balaban J connectivity index is 1.94. The highest BCUT2D eigenvalue weighted by molar-refractivity contribution is 7.89. The molecule has 0 N–H and O–H groups in total. The topological polar surface area (TPSA) is 63.7 Å². The van der Waals surface area contributed by atoms with Crippen LogP contribution in [0, 0.1) is 0 Å². The van der Waals surface area contributed by atoms with Crippen molar-refractivity contribution in [1.82, 2.24) is 4.31 Å². The first-order valence-electron chi connectivity index (χ1n) is 8.95. The highest BCUT2D eigenvalue weighted by Gasteiger charge is 2.34. The number of piperidine rings is 1. The lowest BCUT2D eigenvalue weighted by Gasteiger charge is -2.31. The summed E-state index contributed by atoms with van der Waals surface area (Å²) in [5.74, 6) is 0.0240. The van der Waals surface area contributed by atoms with Crippen molar-refractivity contribution >= 4 is 15.8 Å². The van der Waals surface area contributed by atoms with Crippen molar-refractivity contribution in [2.24, 2.45) is 0 Å². The fraction of sp³-hybridized carbons (Fsp3) is 0.611. The van der Waals surface area contributed by atoms with Crippen LogP contribution >= 0.6 is 0 Å². The first-order chi connectivity index (χ1) is 12.6. The molecule has 9 heteroatoms. The summed E-state index contributed by atoms with van der Waals surface area (Å²) in [6.07, 6.45) is -1.80. The number of sulfonamides is 1. The zero-order valence-electron chi connectivity index (χ0n) is 15.2. The number of hydrogen-bond acceptors (Lipinski definition) is 4. The third-order valence-electron chi connectivity index (χ3n) is 4.49. The Hall–Kier alpha value is -1.45. The largest absolute Gasteiger partial charge is 0.416 e. The van der Waals surface area contributed by atoms with E-state index >= 15 is 0 Å². The molecule has 1 fully saturated rings. The van der Waals surface area contributed by atoms with Gasteiger partial charge in [0, 0.05) is 19.5 Å². The van der Waals surface area contributed by atoms with Crippen molar-refractivity contribution in [3.05, 3.63) is 29.8 Å². The van der Waals surface area contributed by atoms with Gasteiger partial charge in [-0.2, -0.15) is 17.5 Å². The van der Waals surface area contributed by atoms with Crippen molar-refractivity contribution < 1.29 is 31.1 Å². The molecule has 0 bridgehead atoms. The number of rotatable bonds is 8. The minimum atomic E-state index is -4.60. The average molecular weight is 407 g/mol. The molecule has 5 nitrogen and oxygen atoms in total. The maximum absolute atomic E-state index is 12.8. The maximum atomic E-state index is 12.8. The second-order valence-electron chi connectivity index (χ2n) is 6.58. The van der Waals surface area contributed by atoms with E-state index in [1.807, 2.05) is 6.92 Å². The quantitative estimate of drug-likeness (QED) is 0.660. The molecule has 1 aromatic carbocycles. The third-order valence-corrected chi connectivity index (χ3v) is 6.38. The second-order valence-corrected chi connectivity index (χ2v) is 8.52. The Bertz CT molecular complexity index is 741. The SMILES string of the molecule is CCCCC(=O)COC1CCN(S(=O)(=O)c2cccc(C(F)(F)F)c2)CC1. The van der Waals surface area contributed by atoms with Crippen LogP contribution in [0.15, 0.2) is 29.2 Å². The van der Waals surface area contributed by atoms with Crippen molar-refractivity contribution in [2.45, 2.75) is 56.2 Å². The third kappa shape index (κ3) is 6.02. The summed E-state index contributed by atoms with van der Waals surface area (Å²) in [5, 5.41) is 0. The van der Waals surface area contributed by atoms with E-state index in [9.17, 15) is 26.4 Å². The Kier molecular flexibility index (Phi) is 7.41. The molecule has 1 saturated heterocycles. The summed E-state index contributed by atoms with van der Waals surface area (Å²) in [6, 6.07) is 3.76. The van der Waals surface area contributed by atoms with Gasteiger partial charge in [-0.25, -0.2) is 8.42 Å². The average Bonchev–Trinajstić information content (AvgIpc) is 2.64. The minimum Gasteiger partial charge on any atom is -0.370 e. The second kappa shape index (κ2) is 9.16. The molecule has 0 atom stereocenters. The molecule has 0 amide bonds. The molecule has 0 aromatic heterocycles. The summed E-state index contributed by atoms with van der Waals surface area (Å²) in [4.78, 5) is 11.3. The van der Waals surface area contributed by atoms with E-state index in [0.717, 1.165) is 25.0 Å². The van der Waals surface area contributed by atoms with Crippen LogP contribution in [-0.2, 0) is 25.7 Å². The molecule has 0 aliphatic carbocycles. The number of nitrogens with zero attached hydrogens (tertiary/aromatic N) is 1. The molecule has 1 aromatic rings. The monoisotopic (exact) mass is 407 g/mol. The molecule has 0 unspecified atom stereocenters. The van der Waals surface area contributed by atoms with Crippen LogP contribution in [0.5, 0.6) is 0 Å². The molecular formula is C18H24F3NO4S. The van der Waals surface area contributed by atoms with Gasteiger partial charge in [0.05, 0.1) is 16.6 Å². The van der Waals surface area contributed by atoms with E-state index < -0.39 is 21.8 Å². The number of ether oxygens (including phenoxy) is 1. The zero-order valence-corrected chi connectivity index (χ0v) is 16.0. The van der Waals surface area contributed by atoms with Gasteiger partial charge in [0.1, 0.15) is 6.61 Å². The summed E-state index contributed by atoms with van der Waals surface area (Å²) >= 11 is 0. The molecule has 1 aliphatic heterocycles. The molecule has 1 aliphatic rings. The van der Waals surface area contributed by atoms with Gasteiger partial charge in [0.25, 0.3) is 0 Å². The van der Waals surface area contributed by atoms with Crippen LogP contribution in [0.1, 0.15) is 44.6 Å². The number of halogens is 3. The van der Waals surface area contributed by atoms with Crippen LogP contribution in [-0.4, -0.2) is 44.3 Å². The van der Waals surface area contributed by atoms with Crippen LogP contribution in [0.25, 0.3) is 0 Å². The number of Topliss-reactive ketones (excluding diaryl/α,β-unsaturated/α-hetero) is 1. The highest BCUT2D eigenvalue weighted by Crippen LogP contribution is 2.31. The van der Waals surface area contributed by atoms with Gasteiger partial charge in [-0.3, -0.25) is 4.79 Å². The van der Waals surface area contributed by atoms with E-state index in [2.05, 4.69) is 0 Å². The molecule has 27 heavy (non-hydrogen) atoms. The first-order valence-corrected chi connectivity index (χ1v) is 10.4. The molecule has 152 valence electrons. The van der Waals surface area contributed by atoms with Gasteiger partial charge in [0.2, 0.25) is 10.0 Å². The summed E-state index contributed by atoms with van der Waals surface area (Å²) in [6.45, 7) is 2.30. The van der Waals surface area contributed by atoms with Gasteiger partial charge in [0.15, 0.2) is 5.78 Å². The molecule has 1 heterocycles. The smallest absolute Gasteiger partial charge is 0.370 e. The van der Waals surface area contributed by atoms with Crippen molar-refractivity contribution in [2.75, 3.05) is 19.7 Å². The lowest BCUT2D eigenvalue weighted by atomic mass is 10.1. The predicted molar refractivity (Wildman–Crippen MR) is 93.7 cm³/mol.